The van der Waals surface area contributed by atoms with Crippen molar-refractivity contribution in [1.29, 1.82) is 0 Å². The lowest BCUT2D eigenvalue weighted by atomic mass is 10.2. The molecule has 3 rings (SSSR count). The Kier molecular flexibility index (Phi) is 4.26. The number of aliphatic imine (C=N–C) groups is 1. The van der Waals surface area contributed by atoms with E-state index >= 15 is 0 Å². The number of ether oxygens (including phenoxy) is 1. The highest BCUT2D eigenvalue weighted by Gasteiger charge is 2.14. The van der Waals surface area contributed by atoms with Crippen molar-refractivity contribution in [3.8, 4) is 0 Å². The number of rotatable bonds is 3. The van der Waals surface area contributed by atoms with Gasteiger partial charge in [0.05, 0.1) is 24.6 Å². The standard InChI is InChI=1S/C17H17FN2O/c18-16-12-15(19-13-14-4-2-1-3-5-14)6-7-17(16)20-8-10-21-11-9-20/h1-7,12-13H,8-11H2. The normalized spacial score (nSPS) is 15.6. The van der Waals surface area contributed by atoms with Crippen LogP contribution in [0.2, 0.25) is 0 Å². The molecule has 1 heterocycles. The molecule has 4 heteroatoms. The maximum absolute atomic E-state index is 14.2. The van der Waals surface area contributed by atoms with Crippen molar-refractivity contribution < 1.29 is 9.13 Å². The molecule has 0 spiro atoms. The Balaban J connectivity index is 1.76. The Hall–Kier alpha value is -2.20. The zero-order chi connectivity index (χ0) is 14.5. The summed E-state index contributed by atoms with van der Waals surface area (Å²) in [5.41, 5.74) is 2.24. The van der Waals surface area contributed by atoms with Crippen molar-refractivity contribution in [2.45, 2.75) is 0 Å². The second-order valence-corrected chi connectivity index (χ2v) is 4.90. The van der Waals surface area contributed by atoms with Crippen molar-refractivity contribution in [2.24, 2.45) is 4.99 Å². The van der Waals surface area contributed by atoms with Crippen LogP contribution in [0.5, 0.6) is 0 Å². The first-order chi connectivity index (χ1) is 10.3. The zero-order valence-electron chi connectivity index (χ0n) is 11.7. The Bertz CT molecular complexity index is 622. The fourth-order valence-electron chi connectivity index (χ4n) is 2.33. The van der Waals surface area contributed by atoms with E-state index in [-0.39, 0.29) is 5.82 Å². The van der Waals surface area contributed by atoms with Gasteiger partial charge in [-0.15, -0.1) is 0 Å². The van der Waals surface area contributed by atoms with Crippen LogP contribution in [0, 0.1) is 5.82 Å². The average Bonchev–Trinajstić information content (AvgIpc) is 2.55. The van der Waals surface area contributed by atoms with Gasteiger partial charge >= 0.3 is 0 Å². The summed E-state index contributed by atoms with van der Waals surface area (Å²) in [6.07, 6.45) is 1.74. The highest BCUT2D eigenvalue weighted by atomic mass is 19.1. The van der Waals surface area contributed by atoms with Gasteiger partial charge in [0.25, 0.3) is 0 Å². The second kappa shape index (κ2) is 6.50. The maximum Gasteiger partial charge on any atom is 0.148 e. The Labute approximate surface area is 123 Å². The first-order valence-corrected chi connectivity index (χ1v) is 7.04. The van der Waals surface area contributed by atoms with E-state index in [1.54, 1.807) is 12.3 Å². The number of hydrogen-bond acceptors (Lipinski definition) is 3. The first-order valence-electron chi connectivity index (χ1n) is 7.04. The lowest BCUT2D eigenvalue weighted by Gasteiger charge is -2.29. The van der Waals surface area contributed by atoms with E-state index in [0.29, 0.717) is 24.6 Å². The minimum absolute atomic E-state index is 0.236. The molecule has 0 saturated carbocycles. The number of morpholine rings is 1. The van der Waals surface area contributed by atoms with Crippen LogP contribution in [0.1, 0.15) is 5.56 Å². The fourth-order valence-corrected chi connectivity index (χ4v) is 2.33. The summed E-state index contributed by atoms with van der Waals surface area (Å²) in [6.45, 7) is 2.74. The van der Waals surface area contributed by atoms with Crippen molar-refractivity contribution in [3.05, 3.63) is 59.9 Å². The van der Waals surface area contributed by atoms with Gasteiger partial charge in [-0.05, 0) is 17.7 Å². The van der Waals surface area contributed by atoms with Gasteiger partial charge in [0.1, 0.15) is 5.82 Å². The molecule has 0 atom stereocenters. The third-order valence-electron chi connectivity index (χ3n) is 3.45. The van der Waals surface area contributed by atoms with Gasteiger partial charge in [-0.3, -0.25) is 4.99 Å². The molecule has 1 aliphatic heterocycles. The number of nitrogens with zero attached hydrogens (tertiary/aromatic N) is 2. The third-order valence-corrected chi connectivity index (χ3v) is 3.45. The number of anilines is 1. The monoisotopic (exact) mass is 284 g/mol. The van der Waals surface area contributed by atoms with Crippen LogP contribution >= 0.6 is 0 Å². The molecule has 0 radical (unpaired) electrons. The molecule has 1 aliphatic rings. The Morgan fingerprint density at radius 2 is 1.81 bits per heavy atom. The summed E-state index contributed by atoms with van der Waals surface area (Å²) in [5, 5.41) is 0. The van der Waals surface area contributed by atoms with Crippen LogP contribution in [0.3, 0.4) is 0 Å². The molecule has 0 bridgehead atoms. The molecule has 108 valence electrons. The zero-order valence-corrected chi connectivity index (χ0v) is 11.7. The predicted octanol–water partition coefficient (Wildman–Crippen LogP) is 3.41. The van der Waals surface area contributed by atoms with Gasteiger partial charge in [-0.1, -0.05) is 30.3 Å². The number of benzene rings is 2. The lowest BCUT2D eigenvalue weighted by Crippen LogP contribution is -2.36. The second-order valence-electron chi connectivity index (χ2n) is 4.90. The molecule has 0 aromatic heterocycles. The first kappa shape index (κ1) is 13.8. The quantitative estimate of drug-likeness (QED) is 0.807. The Morgan fingerprint density at radius 1 is 1.05 bits per heavy atom. The van der Waals surface area contributed by atoms with Crippen molar-refractivity contribution in [3.63, 3.8) is 0 Å². The maximum atomic E-state index is 14.2. The molecule has 0 unspecified atom stereocenters. The van der Waals surface area contributed by atoms with Gasteiger partial charge < -0.3 is 9.64 Å². The molecule has 2 aromatic rings. The summed E-state index contributed by atoms with van der Waals surface area (Å²) in [6, 6.07) is 14.9. The van der Waals surface area contributed by atoms with Crippen LogP contribution < -0.4 is 4.90 Å². The van der Waals surface area contributed by atoms with E-state index in [1.165, 1.54) is 6.07 Å². The van der Waals surface area contributed by atoms with Crippen LogP contribution in [0.4, 0.5) is 15.8 Å². The molecule has 3 nitrogen and oxygen atoms in total. The highest BCUT2D eigenvalue weighted by molar-refractivity contribution is 5.81. The van der Waals surface area contributed by atoms with Gasteiger partial charge in [-0.25, -0.2) is 4.39 Å². The van der Waals surface area contributed by atoms with Crippen molar-refractivity contribution >= 4 is 17.6 Å². The molecular formula is C17H17FN2O. The minimum atomic E-state index is -0.236. The van der Waals surface area contributed by atoms with Crippen LogP contribution in [0.25, 0.3) is 0 Å². The smallest absolute Gasteiger partial charge is 0.148 e. The summed E-state index contributed by atoms with van der Waals surface area (Å²) >= 11 is 0. The topological polar surface area (TPSA) is 24.8 Å². The van der Waals surface area contributed by atoms with Gasteiger partial charge in [0.15, 0.2) is 0 Å². The summed E-state index contributed by atoms with van der Waals surface area (Å²) in [5.74, 6) is -0.236. The average molecular weight is 284 g/mol. The minimum Gasteiger partial charge on any atom is -0.378 e. The summed E-state index contributed by atoms with van der Waals surface area (Å²) in [7, 11) is 0. The molecule has 1 saturated heterocycles. The third kappa shape index (κ3) is 3.47. The van der Waals surface area contributed by atoms with E-state index in [0.717, 1.165) is 18.7 Å². The van der Waals surface area contributed by atoms with Crippen LogP contribution in [-0.2, 0) is 4.74 Å². The van der Waals surface area contributed by atoms with Gasteiger partial charge in [0.2, 0.25) is 0 Å². The fraction of sp³-hybridized carbons (Fsp3) is 0.235. The van der Waals surface area contributed by atoms with Crippen LogP contribution in [0.15, 0.2) is 53.5 Å². The molecular weight excluding hydrogens is 267 g/mol. The molecule has 2 aromatic carbocycles. The van der Waals surface area contributed by atoms with E-state index in [1.807, 2.05) is 41.3 Å². The molecule has 0 amide bonds. The van der Waals surface area contributed by atoms with Gasteiger partial charge in [0, 0.05) is 25.4 Å². The van der Waals surface area contributed by atoms with E-state index in [4.69, 9.17) is 4.74 Å². The molecule has 0 aliphatic carbocycles. The summed E-state index contributed by atoms with van der Waals surface area (Å²) in [4.78, 5) is 6.32. The van der Waals surface area contributed by atoms with Crippen molar-refractivity contribution in [1.82, 2.24) is 0 Å². The molecule has 0 N–H and O–H groups in total. The summed E-state index contributed by atoms with van der Waals surface area (Å²) < 4.78 is 19.5. The van der Waals surface area contributed by atoms with Crippen molar-refractivity contribution in [2.75, 3.05) is 31.2 Å². The predicted molar refractivity (Wildman–Crippen MR) is 83.1 cm³/mol. The molecule has 1 fully saturated rings. The van der Waals surface area contributed by atoms with E-state index in [9.17, 15) is 4.39 Å². The lowest BCUT2D eigenvalue weighted by molar-refractivity contribution is 0.122. The number of hydrogen-bond donors (Lipinski definition) is 0. The Morgan fingerprint density at radius 3 is 2.52 bits per heavy atom. The number of halogens is 1. The van der Waals surface area contributed by atoms with E-state index < -0.39 is 0 Å². The SMILES string of the molecule is Fc1cc(N=Cc2ccccc2)ccc1N1CCOCC1. The molecule has 21 heavy (non-hydrogen) atoms. The van der Waals surface area contributed by atoms with E-state index in [2.05, 4.69) is 4.99 Å². The largest absolute Gasteiger partial charge is 0.378 e. The highest BCUT2D eigenvalue weighted by Crippen LogP contribution is 2.25. The van der Waals surface area contributed by atoms with Crippen LogP contribution in [-0.4, -0.2) is 32.5 Å². The van der Waals surface area contributed by atoms with Gasteiger partial charge in [-0.2, -0.15) is 0 Å².